The Balaban J connectivity index is 2.06. The first-order valence-corrected chi connectivity index (χ1v) is 10.6. The topological polar surface area (TPSA) is 12.9 Å². The van der Waals surface area contributed by atoms with E-state index in [2.05, 4.69) is 108 Å². The molecule has 0 aliphatic heterocycles. The van der Waals surface area contributed by atoms with Crippen molar-refractivity contribution in [2.24, 2.45) is 17.3 Å². The molecule has 0 N–H and O–H groups in total. The van der Waals surface area contributed by atoms with Crippen LogP contribution in [0.25, 0.3) is 16.7 Å². The highest BCUT2D eigenvalue weighted by atomic mass is 14.7. The van der Waals surface area contributed by atoms with Gasteiger partial charge in [-0.15, -0.1) is 0 Å². The lowest BCUT2D eigenvalue weighted by molar-refractivity contribution is 0.221. The van der Waals surface area contributed by atoms with E-state index in [4.69, 9.17) is 4.98 Å². The average Bonchev–Trinajstić information content (AvgIpc) is 2.74. The predicted octanol–water partition coefficient (Wildman–Crippen LogP) is 7.51. The molecule has 0 saturated carbocycles. The molecule has 28 heavy (non-hydrogen) atoms. The van der Waals surface area contributed by atoms with Crippen molar-refractivity contribution in [2.45, 2.75) is 47.5 Å². The average molecular weight is 372 g/mol. The van der Waals surface area contributed by atoms with Crippen LogP contribution in [0.2, 0.25) is 0 Å². The van der Waals surface area contributed by atoms with Crippen LogP contribution >= 0.6 is 0 Å². The fourth-order valence-electron chi connectivity index (χ4n) is 4.38. The normalized spacial score (nSPS) is 19.1. The summed E-state index contributed by atoms with van der Waals surface area (Å²) in [6.45, 7) is 11.4. The summed E-state index contributed by atoms with van der Waals surface area (Å²) < 4.78 is 0. The molecule has 1 heteroatoms. The molecule has 146 valence electrons. The SMILES string of the molecule is CC=CC(C)(C(C)C)C1CC=CC=C1c1cc(CC)c(-c2ccccc2)cn1. The van der Waals surface area contributed by atoms with Crippen molar-refractivity contribution in [1.29, 1.82) is 0 Å². The van der Waals surface area contributed by atoms with Crippen molar-refractivity contribution in [1.82, 2.24) is 4.98 Å². The van der Waals surface area contributed by atoms with Crippen molar-refractivity contribution in [3.8, 4) is 11.1 Å². The first-order valence-electron chi connectivity index (χ1n) is 10.6. The van der Waals surface area contributed by atoms with Gasteiger partial charge in [-0.2, -0.15) is 0 Å². The summed E-state index contributed by atoms with van der Waals surface area (Å²) in [6.07, 6.45) is 15.5. The van der Waals surface area contributed by atoms with E-state index in [9.17, 15) is 0 Å². The molecule has 2 unspecified atom stereocenters. The molecule has 1 heterocycles. The van der Waals surface area contributed by atoms with Gasteiger partial charge in [0.15, 0.2) is 0 Å². The van der Waals surface area contributed by atoms with Gasteiger partial charge in [0.1, 0.15) is 0 Å². The maximum atomic E-state index is 4.94. The maximum absolute atomic E-state index is 4.94. The van der Waals surface area contributed by atoms with Crippen molar-refractivity contribution >= 4 is 5.57 Å². The lowest BCUT2D eigenvalue weighted by Gasteiger charge is -2.41. The van der Waals surface area contributed by atoms with Gasteiger partial charge in [-0.25, -0.2) is 0 Å². The number of benzene rings is 1. The van der Waals surface area contributed by atoms with E-state index in [1.165, 1.54) is 22.3 Å². The minimum absolute atomic E-state index is 0.109. The van der Waals surface area contributed by atoms with Crippen LogP contribution < -0.4 is 0 Å². The minimum atomic E-state index is 0.109. The Bertz CT molecular complexity index is 886. The Morgan fingerprint density at radius 1 is 1.21 bits per heavy atom. The Kier molecular flexibility index (Phi) is 6.34. The van der Waals surface area contributed by atoms with Crippen LogP contribution in [0.1, 0.15) is 52.3 Å². The second-order valence-electron chi connectivity index (χ2n) is 8.31. The summed E-state index contributed by atoms with van der Waals surface area (Å²) in [5, 5.41) is 0. The number of aryl methyl sites for hydroxylation is 1. The lowest BCUT2D eigenvalue weighted by atomic mass is 9.63. The highest BCUT2D eigenvalue weighted by Gasteiger charge is 2.37. The molecule has 1 aliphatic carbocycles. The molecule has 1 aromatic carbocycles. The van der Waals surface area contributed by atoms with Crippen LogP contribution in [0, 0.1) is 17.3 Å². The minimum Gasteiger partial charge on any atom is -0.256 e. The van der Waals surface area contributed by atoms with Crippen molar-refractivity contribution in [2.75, 3.05) is 0 Å². The molecule has 0 radical (unpaired) electrons. The molecule has 0 spiro atoms. The third-order valence-corrected chi connectivity index (χ3v) is 6.43. The van der Waals surface area contributed by atoms with Crippen LogP contribution in [0.15, 0.2) is 73.0 Å². The largest absolute Gasteiger partial charge is 0.256 e. The number of hydrogen-bond acceptors (Lipinski definition) is 1. The standard InChI is InChI=1S/C27H33N/c1-6-17-27(5,20(3)4)25-16-12-11-15-23(25)26-18-21(7-2)24(19-28-26)22-13-9-8-10-14-22/h6,8-15,17-20,25H,7,16H2,1-5H3. The molecule has 2 atom stereocenters. The van der Waals surface area contributed by atoms with E-state index in [0.717, 1.165) is 18.5 Å². The van der Waals surface area contributed by atoms with E-state index in [0.29, 0.717) is 11.8 Å². The summed E-state index contributed by atoms with van der Waals surface area (Å²) in [5.41, 5.74) is 6.46. The molecule has 1 nitrogen and oxygen atoms in total. The molecule has 1 aromatic heterocycles. The lowest BCUT2D eigenvalue weighted by Crippen LogP contribution is -2.32. The Labute approximate surface area is 170 Å². The maximum Gasteiger partial charge on any atom is 0.0668 e. The number of rotatable bonds is 6. The molecule has 3 rings (SSSR count). The zero-order valence-electron chi connectivity index (χ0n) is 17.9. The van der Waals surface area contributed by atoms with E-state index in [1.807, 2.05) is 0 Å². The zero-order chi connectivity index (χ0) is 20.1. The van der Waals surface area contributed by atoms with Crippen LogP contribution in [0.3, 0.4) is 0 Å². The fraction of sp³-hybridized carbons (Fsp3) is 0.370. The number of allylic oxidation sites excluding steroid dienone is 6. The third kappa shape index (κ3) is 3.90. The third-order valence-electron chi connectivity index (χ3n) is 6.43. The second-order valence-corrected chi connectivity index (χ2v) is 8.31. The van der Waals surface area contributed by atoms with Gasteiger partial charge >= 0.3 is 0 Å². The van der Waals surface area contributed by atoms with E-state index in [1.54, 1.807) is 0 Å². The highest BCUT2D eigenvalue weighted by molar-refractivity contribution is 5.73. The van der Waals surface area contributed by atoms with Crippen LogP contribution in [0.4, 0.5) is 0 Å². The van der Waals surface area contributed by atoms with Gasteiger partial charge in [0, 0.05) is 11.8 Å². The van der Waals surface area contributed by atoms with Crippen molar-refractivity contribution in [3.63, 3.8) is 0 Å². The molecular weight excluding hydrogens is 338 g/mol. The molecule has 2 aromatic rings. The molecule has 0 bridgehead atoms. The first kappa shape index (κ1) is 20.3. The van der Waals surface area contributed by atoms with Gasteiger partial charge in [0.2, 0.25) is 0 Å². The Hall–Kier alpha value is -2.41. The van der Waals surface area contributed by atoms with Crippen LogP contribution in [-0.4, -0.2) is 4.98 Å². The number of aromatic nitrogens is 1. The molecular formula is C27H33N. The van der Waals surface area contributed by atoms with Gasteiger partial charge in [-0.1, -0.05) is 88.4 Å². The molecule has 0 amide bonds. The second kappa shape index (κ2) is 8.73. The van der Waals surface area contributed by atoms with Crippen molar-refractivity contribution in [3.05, 3.63) is 84.2 Å². The van der Waals surface area contributed by atoms with Crippen LogP contribution in [-0.2, 0) is 6.42 Å². The van der Waals surface area contributed by atoms with Crippen LogP contribution in [0.5, 0.6) is 0 Å². The summed E-state index contributed by atoms with van der Waals surface area (Å²) in [6, 6.07) is 12.9. The molecule has 0 fully saturated rings. The zero-order valence-corrected chi connectivity index (χ0v) is 17.9. The van der Waals surface area contributed by atoms with Gasteiger partial charge in [0.25, 0.3) is 0 Å². The van der Waals surface area contributed by atoms with Crippen molar-refractivity contribution < 1.29 is 0 Å². The highest BCUT2D eigenvalue weighted by Crippen LogP contribution is 2.47. The van der Waals surface area contributed by atoms with Gasteiger partial charge in [0.05, 0.1) is 5.69 Å². The smallest absolute Gasteiger partial charge is 0.0668 e. The van der Waals surface area contributed by atoms with E-state index in [-0.39, 0.29) is 5.41 Å². The Morgan fingerprint density at radius 3 is 2.61 bits per heavy atom. The summed E-state index contributed by atoms with van der Waals surface area (Å²) in [4.78, 5) is 4.94. The summed E-state index contributed by atoms with van der Waals surface area (Å²) in [7, 11) is 0. The summed E-state index contributed by atoms with van der Waals surface area (Å²) in [5.74, 6) is 0.992. The number of nitrogens with zero attached hydrogens (tertiary/aromatic N) is 1. The van der Waals surface area contributed by atoms with E-state index >= 15 is 0 Å². The van der Waals surface area contributed by atoms with Gasteiger partial charge < -0.3 is 0 Å². The van der Waals surface area contributed by atoms with Gasteiger partial charge in [-0.3, -0.25) is 4.98 Å². The first-order chi connectivity index (χ1) is 13.5. The fourth-order valence-corrected chi connectivity index (χ4v) is 4.38. The molecule has 0 saturated heterocycles. The molecule has 1 aliphatic rings. The predicted molar refractivity (Wildman–Crippen MR) is 122 cm³/mol. The van der Waals surface area contributed by atoms with Gasteiger partial charge in [-0.05, 0) is 59.8 Å². The number of hydrogen-bond donors (Lipinski definition) is 0. The number of pyridine rings is 1. The quantitative estimate of drug-likeness (QED) is 0.479. The van der Waals surface area contributed by atoms with E-state index < -0.39 is 0 Å². The summed E-state index contributed by atoms with van der Waals surface area (Å²) >= 11 is 0. The monoisotopic (exact) mass is 371 g/mol. The Morgan fingerprint density at radius 2 is 1.96 bits per heavy atom.